The van der Waals surface area contributed by atoms with Gasteiger partial charge in [-0.25, -0.2) is 4.79 Å². The van der Waals surface area contributed by atoms with Gasteiger partial charge in [0.15, 0.2) is 0 Å². The lowest BCUT2D eigenvalue weighted by molar-refractivity contribution is -0.142. The van der Waals surface area contributed by atoms with Gasteiger partial charge in [-0.1, -0.05) is 50.6 Å². The second kappa shape index (κ2) is 15.8. The van der Waals surface area contributed by atoms with Crippen molar-refractivity contribution in [2.45, 2.75) is 63.7 Å². The van der Waals surface area contributed by atoms with Crippen LogP contribution in [-0.4, -0.2) is 76.0 Å². The van der Waals surface area contributed by atoms with Crippen molar-refractivity contribution in [2.24, 2.45) is 11.7 Å². The Bertz CT molecular complexity index is 900. The summed E-state index contributed by atoms with van der Waals surface area (Å²) < 4.78 is 0. The van der Waals surface area contributed by atoms with Gasteiger partial charge in [0, 0.05) is 6.42 Å². The molecule has 11 nitrogen and oxygen atoms in total. The molecule has 0 aliphatic heterocycles. The molecule has 0 heterocycles. The van der Waals surface area contributed by atoms with Gasteiger partial charge in [-0.15, -0.1) is 0 Å². The molecule has 5 unspecified atom stereocenters. The first-order valence-electron chi connectivity index (χ1n) is 11.6. The Hall–Kier alpha value is -3.12. The Morgan fingerprint density at radius 3 is 2.08 bits per heavy atom. The SMILES string of the molecule is CCC(C)C(NC(=O)C(N)CC(=O)O)C(=O)NC(CCSC)C(=O)NC(Cc1ccccc1)C(=O)O. The lowest BCUT2D eigenvalue weighted by atomic mass is 9.97. The highest BCUT2D eigenvalue weighted by atomic mass is 32.2. The van der Waals surface area contributed by atoms with Crippen molar-refractivity contribution < 1.29 is 34.2 Å². The van der Waals surface area contributed by atoms with Crippen molar-refractivity contribution in [2.75, 3.05) is 12.0 Å². The fourth-order valence-corrected chi connectivity index (χ4v) is 3.80. The number of carbonyl (C=O) groups is 5. The standard InChI is InChI=1S/C24H36N4O7S/c1-4-14(2)20(28-21(31)16(25)13-19(29)30)23(33)26-17(10-11-36-3)22(32)27-18(24(34)35)12-15-8-6-5-7-9-15/h5-9,14,16-18,20H,4,10-13,25H2,1-3H3,(H,26,33)(H,27,32)(H,28,31)(H,29,30)(H,34,35). The van der Waals surface area contributed by atoms with Gasteiger partial charge in [0.25, 0.3) is 0 Å². The number of benzene rings is 1. The molecule has 0 spiro atoms. The maximum atomic E-state index is 13.1. The summed E-state index contributed by atoms with van der Waals surface area (Å²) in [6.45, 7) is 3.54. The number of nitrogens with one attached hydrogen (secondary N) is 3. The average Bonchev–Trinajstić information content (AvgIpc) is 2.83. The Morgan fingerprint density at radius 1 is 0.944 bits per heavy atom. The van der Waals surface area contributed by atoms with Crippen LogP contribution in [0.1, 0.15) is 38.7 Å². The molecule has 0 saturated carbocycles. The summed E-state index contributed by atoms with van der Waals surface area (Å²) in [5.41, 5.74) is 6.35. The molecule has 3 amide bonds. The lowest BCUT2D eigenvalue weighted by Crippen LogP contribution is -2.59. The molecule has 1 aromatic carbocycles. The number of aliphatic carboxylic acids is 2. The monoisotopic (exact) mass is 524 g/mol. The van der Waals surface area contributed by atoms with Crippen LogP contribution in [-0.2, 0) is 30.4 Å². The van der Waals surface area contributed by atoms with Crippen LogP contribution in [0.3, 0.4) is 0 Å². The molecule has 7 N–H and O–H groups in total. The minimum Gasteiger partial charge on any atom is -0.481 e. The van der Waals surface area contributed by atoms with Gasteiger partial charge in [-0.3, -0.25) is 19.2 Å². The van der Waals surface area contributed by atoms with Crippen LogP contribution >= 0.6 is 11.8 Å². The molecule has 12 heteroatoms. The summed E-state index contributed by atoms with van der Waals surface area (Å²) in [6, 6.07) is 4.19. The van der Waals surface area contributed by atoms with E-state index in [1.807, 2.05) is 13.2 Å². The number of carboxylic acid groups (broad SMARTS) is 2. The van der Waals surface area contributed by atoms with E-state index in [9.17, 15) is 29.1 Å². The third-order valence-electron chi connectivity index (χ3n) is 5.67. The fraction of sp³-hybridized carbons (Fsp3) is 0.542. The lowest BCUT2D eigenvalue weighted by Gasteiger charge is -2.28. The summed E-state index contributed by atoms with van der Waals surface area (Å²) in [7, 11) is 0. The van der Waals surface area contributed by atoms with Gasteiger partial charge in [0.05, 0.1) is 12.5 Å². The van der Waals surface area contributed by atoms with Crippen molar-refractivity contribution in [1.29, 1.82) is 0 Å². The first-order valence-corrected chi connectivity index (χ1v) is 13.0. The quantitative estimate of drug-likeness (QED) is 0.177. The van der Waals surface area contributed by atoms with E-state index in [0.29, 0.717) is 12.2 Å². The highest BCUT2D eigenvalue weighted by Gasteiger charge is 2.32. The normalized spacial score (nSPS) is 15.0. The number of hydrogen-bond acceptors (Lipinski definition) is 7. The predicted octanol–water partition coefficient (Wildman–Crippen LogP) is 0.369. The van der Waals surface area contributed by atoms with Gasteiger partial charge in [-0.2, -0.15) is 11.8 Å². The Kier molecular flexibility index (Phi) is 13.6. The zero-order chi connectivity index (χ0) is 27.3. The molecule has 1 aromatic rings. The Morgan fingerprint density at radius 2 is 1.56 bits per heavy atom. The number of nitrogens with two attached hydrogens (primary N) is 1. The topological polar surface area (TPSA) is 188 Å². The maximum Gasteiger partial charge on any atom is 0.326 e. The molecular weight excluding hydrogens is 488 g/mol. The first-order chi connectivity index (χ1) is 17.0. The van der Waals surface area contributed by atoms with E-state index in [2.05, 4.69) is 16.0 Å². The zero-order valence-electron chi connectivity index (χ0n) is 20.7. The summed E-state index contributed by atoms with van der Waals surface area (Å²) in [5, 5.41) is 26.1. The number of hydrogen-bond donors (Lipinski definition) is 6. The van der Waals surface area contributed by atoms with E-state index < -0.39 is 60.2 Å². The van der Waals surface area contributed by atoms with E-state index in [0.717, 1.165) is 5.56 Å². The van der Waals surface area contributed by atoms with Crippen LogP contribution in [0.5, 0.6) is 0 Å². The highest BCUT2D eigenvalue weighted by Crippen LogP contribution is 2.11. The summed E-state index contributed by atoms with van der Waals surface area (Å²) in [4.78, 5) is 61.2. The van der Waals surface area contributed by atoms with Gasteiger partial charge in [-0.05, 0) is 29.9 Å². The molecule has 0 fully saturated rings. The van der Waals surface area contributed by atoms with Crippen LogP contribution in [0.25, 0.3) is 0 Å². The first kappa shape index (κ1) is 30.9. The minimum atomic E-state index is -1.34. The number of carbonyl (C=O) groups excluding carboxylic acids is 3. The van der Waals surface area contributed by atoms with Crippen molar-refractivity contribution in [3.8, 4) is 0 Å². The molecule has 36 heavy (non-hydrogen) atoms. The van der Waals surface area contributed by atoms with Crippen LogP contribution in [0.2, 0.25) is 0 Å². The molecule has 0 aliphatic rings. The zero-order valence-corrected chi connectivity index (χ0v) is 21.5. The van der Waals surface area contributed by atoms with Crippen molar-refractivity contribution in [3.05, 3.63) is 35.9 Å². The van der Waals surface area contributed by atoms with E-state index in [4.69, 9.17) is 10.8 Å². The minimum absolute atomic E-state index is 0.0676. The smallest absolute Gasteiger partial charge is 0.326 e. The van der Waals surface area contributed by atoms with Crippen molar-refractivity contribution >= 4 is 41.4 Å². The molecule has 0 bridgehead atoms. The second-order valence-electron chi connectivity index (χ2n) is 8.51. The summed E-state index contributed by atoms with van der Waals surface area (Å²) >= 11 is 1.45. The molecular formula is C24H36N4O7S. The van der Waals surface area contributed by atoms with Gasteiger partial charge in [0.2, 0.25) is 17.7 Å². The van der Waals surface area contributed by atoms with Crippen LogP contribution < -0.4 is 21.7 Å². The Labute approximate surface area is 215 Å². The summed E-state index contributed by atoms with van der Waals surface area (Å²) in [5.74, 6) is -4.39. The van der Waals surface area contributed by atoms with Crippen LogP contribution in [0.4, 0.5) is 0 Å². The number of thioether (sulfide) groups is 1. The fourth-order valence-electron chi connectivity index (χ4n) is 3.33. The third kappa shape index (κ3) is 10.6. The van der Waals surface area contributed by atoms with E-state index >= 15 is 0 Å². The third-order valence-corrected chi connectivity index (χ3v) is 6.31. The van der Waals surface area contributed by atoms with Crippen LogP contribution in [0.15, 0.2) is 30.3 Å². The van der Waals surface area contributed by atoms with Crippen molar-refractivity contribution in [3.63, 3.8) is 0 Å². The Balaban J connectivity index is 3.00. The molecule has 0 aromatic heterocycles. The number of rotatable bonds is 16. The second-order valence-corrected chi connectivity index (χ2v) is 9.49. The number of carboxylic acids is 2. The van der Waals surface area contributed by atoms with E-state index in [1.54, 1.807) is 37.3 Å². The van der Waals surface area contributed by atoms with E-state index in [-0.39, 0.29) is 18.8 Å². The van der Waals surface area contributed by atoms with Gasteiger partial charge >= 0.3 is 11.9 Å². The molecule has 1 rings (SSSR count). The molecule has 200 valence electrons. The van der Waals surface area contributed by atoms with Crippen LogP contribution in [0, 0.1) is 5.92 Å². The molecule has 0 radical (unpaired) electrons. The predicted molar refractivity (Wildman–Crippen MR) is 136 cm³/mol. The van der Waals surface area contributed by atoms with Crippen molar-refractivity contribution in [1.82, 2.24) is 16.0 Å². The molecule has 0 aliphatic carbocycles. The van der Waals surface area contributed by atoms with Gasteiger partial charge in [0.1, 0.15) is 18.1 Å². The maximum absolute atomic E-state index is 13.1. The van der Waals surface area contributed by atoms with E-state index in [1.165, 1.54) is 11.8 Å². The molecule has 0 saturated heterocycles. The number of amides is 3. The van der Waals surface area contributed by atoms with Gasteiger partial charge < -0.3 is 31.9 Å². The highest BCUT2D eigenvalue weighted by molar-refractivity contribution is 7.98. The average molecular weight is 525 g/mol. The molecule has 5 atom stereocenters. The summed E-state index contributed by atoms with van der Waals surface area (Å²) in [6.07, 6.45) is 2.04. The largest absolute Gasteiger partial charge is 0.481 e.